The number of benzene rings is 1. The van der Waals surface area contributed by atoms with Gasteiger partial charge in [-0.15, -0.1) is 0 Å². The minimum absolute atomic E-state index is 0.0718. The van der Waals surface area contributed by atoms with Gasteiger partial charge in [-0.05, 0) is 45.4 Å². The summed E-state index contributed by atoms with van der Waals surface area (Å²) in [5.74, 6) is -0.823. The van der Waals surface area contributed by atoms with Crippen molar-refractivity contribution in [1.82, 2.24) is 10.2 Å². The molecule has 0 aliphatic rings. The highest BCUT2D eigenvalue weighted by Gasteiger charge is 2.18. The monoisotopic (exact) mass is 320 g/mol. The Morgan fingerprint density at radius 3 is 2.35 bits per heavy atom. The van der Waals surface area contributed by atoms with E-state index in [1.165, 1.54) is 18.0 Å². The van der Waals surface area contributed by atoms with Crippen LogP contribution in [0.15, 0.2) is 18.2 Å². The van der Waals surface area contributed by atoms with E-state index in [0.29, 0.717) is 11.3 Å². The van der Waals surface area contributed by atoms with Crippen molar-refractivity contribution < 1.29 is 14.4 Å². The second-order valence-corrected chi connectivity index (χ2v) is 6.48. The molecule has 0 bridgehead atoms. The highest BCUT2D eigenvalue weighted by molar-refractivity contribution is 5.97. The largest absolute Gasteiger partial charge is 0.366 e. The summed E-state index contributed by atoms with van der Waals surface area (Å²) >= 11 is 0. The van der Waals surface area contributed by atoms with Gasteiger partial charge in [0.15, 0.2) is 0 Å². The maximum Gasteiger partial charge on any atom is 0.322 e. The number of nitrogens with zero attached hydrogens (tertiary/aromatic N) is 1. The SMILES string of the molecule is Cc1ccc(C(N)=O)cc1NC(=O)N(C)CC(=O)NC(C)(C)C. The van der Waals surface area contributed by atoms with Crippen LogP contribution in [0.3, 0.4) is 0 Å². The fraction of sp³-hybridized carbons (Fsp3) is 0.438. The molecule has 23 heavy (non-hydrogen) atoms. The maximum absolute atomic E-state index is 12.2. The molecule has 4 N–H and O–H groups in total. The number of urea groups is 1. The van der Waals surface area contributed by atoms with E-state index in [2.05, 4.69) is 10.6 Å². The summed E-state index contributed by atoms with van der Waals surface area (Å²) in [6.07, 6.45) is 0. The molecular weight excluding hydrogens is 296 g/mol. The Morgan fingerprint density at radius 1 is 1.22 bits per heavy atom. The number of aryl methyl sites for hydroxylation is 1. The maximum atomic E-state index is 12.2. The molecule has 0 saturated heterocycles. The Balaban J connectivity index is 2.74. The molecule has 1 aromatic carbocycles. The summed E-state index contributed by atoms with van der Waals surface area (Å²) in [7, 11) is 1.52. The van der Waals surface area contributed by atoms with Crippen LogP contribution in [-0.2, 0) is 4.79 Å². The molecule has 0 aliphatic heterocycles. The topological polar surface area (TPSA) is 105 Å². The number of carbonyl (C=O) groups excluding carboxylic acids is 3. The van der Waals surface area contributed by atoms with Crippen LogP contribution in [0.1, 0.15) is 36.7 Å². The summed E-state index contributed by atoms with van der Waals surface area (Å²) in [4.78, 5) is 36.5. The number of likely N-dealkylation sites (N-methyl/N-ethyl adjacent to an activating group) is 1. The van der Waals surface area contributed by atoms with Gasteiger partial charge in [-0.3, -0.25) is 9.59 Å². The van der Waals surface area contributed by atoms with Crippen molar-refractivity contribution in [2.45, 2.75) is 33.2 Å². The van der Waals surface area contributed by atoms with E-state index < -0.39 is 11.9 Å². The summed E-state index contributed by atoms with van der Waals surface area (Å²) < 4.78 is 0. The number of nitrogens with one attached hydrogen (secondary N) is 2. The lowest BCUT2D eigenvalue weighted by atomic mass is 10.1. The molecular formula is C16H24N4O3. The van der Waals surface area contributed by atoms with E-state index in [9.17, 15) is 14.4 Å². The van der Waals surface area contributed by atoms with E-state index in [-0.39, 0.29) is 18.0 Å². The van der Waals surface area contributed by atoms with Crippen molar-refractivity contribution >= 4 is 23.5 Å². The number of hydrogen-bond donors (Lipinski definition) is 3. The van der Waals surface area contributed by atoms with Gasteiger partial charge in [0.2, 0.25) is 11.8 Å². The van der Waals surface area contributed by atoms with Crippen molar-refractivity contribution in [3.63, 3.8) is 0 Å². The van der Waals surface area contributed by atoms with Crippen molar-refractivity contribution in [3.05, 3.63) is 29.3 Å². The average molecular weight is 320 g/mol. The lowest BCUT2D eigenvalue weighted by molar-refractivity contribution is -0.122. The zero-order valence-electron chi connectivity index (χ0n) is 14.2. The van der Waals surface area contributed by atoms with E-state index in [1.54, 1.807) is 19.1 Å². The van der Waals surface area contributed by atoms with Crippen LogP contribution >= 0.6 is 0 Å². The van der Waals surface area contributed by atoms with Crippen LogP contribution in [0.2, 0.25) is 0 Å². The number of amides is 4. The standard InChI is InChI=1S/C16H24N4O3/c1-10-6-7-11(14(17)22)8-12(10)18-15(23)20(5)9-13(21)19-16(2,3)4/h6-8H,9H2,1-5H3,(H2,17,22)(H,18,23)(H,19,21). The molecule has 0 spiro atoms. The predicted molar refractivity (Wildman–Crippen MR) is 89.2 cm³/mol. The molecule has 0 saturated carbocycles. The minimum Gasteiger partial charge on any atom is -0.366 e. The number of primary amides is 1. The Kier molecular flexibility index (Phi) is 5.73. The Morgan fingerprint density at radius 2 is 1.83 bits per heavy atom. The predicted octanol–water partition coefficient (Wildman–Crippen LogP) is 1.47. The molecule has 7 nitrogen and oxygen atoms in total. The zero-order chi connectivity index (χ0) is 17.8. The third-order valence-electron chi connectivity index (χ3n) is 3.01. The Labute approximate surface area is 136 Å². The molecule has 1 rings (SSSR count). The van der Waals surface area contributed by atoms with Crippen LogP contribution < -0.4 is 16.4 Å². The van der Waals surface area contributed by atoms with Crippen molar-refractivity contribution in [2.24, 2.45) is 5.73 Å². The smallest absolute Gasteiger partial charge is 0.322 e. The van der Waals surface area contributed by atoms with Crippen LogP contribution in [0.4, 0.5) is 10.5 Å². The molecule has 0 aromatic heterocycles. The number of hydrogen-bond acceptors (Lipinski definition) is 3. The van der Waals surface area contributed by atoms with Crippen molar-refractivity contribution in [2.75, 3.05) is 18.9 Å². The molecule has 0 radical (unpaired) electrons. The second kappa shape index (κ2) is 7.13. The molecule has 1 aromatic rings. The van der Waals surface area contributed by atoms with Crippen LogP contribution in [-0.4, -0.2) is 41.9 Å². The second-order valence-electron chi connectivity index (χ2n) is 6.48. The van der Waals surface area contributed by atoms with E-state index in [1.807, 2.05) is 20.8 Å². The van der Waals surface area contributed by atoms with Gasteiger partial charge in [-0.1, -0.05) is 6.07 Å². The van der Waals surface area contributed by atoms with Gasteiger partial charge in [0, 0.05) is 23.8 Å². The molecule has 0 aliphatic carbocycles. The van der Waals surface area contributed by atoms with Gasteiger partial charge < -0.3 is 21.3 Å². The molecule has 4 amide bonds. The number of rotatable bonds is 4. The van der Waals surface area contributed by atoms with Gasteiger partial charge in [-0.25, -0.2) is 4.79 Å². The number of anilines is 1. The van der Waals surface area contributed by atoms with Gasteiger partial charge in [0.05, 0.1) is 0 Å². The van der Waals surface area contributed by atoms with Gasteiger partial charge in [-0.2, -0.15) is 0 Å². The van der Waals surface area contributed by atoms with Gasteiger partial charge in [0.1, 0.15) is 6.54 Å². The lowest BCUT2D eigenvalue weighted by Gasteiger charge is -2.23. The first-order valence-electron chi connectivity index (χ1n) is 7.23. The molecule has 7 heteroatoms. The Bertz CT molecular complexity index is 620. The molecule has 0 fully saturated rings. The van der Waals surface area contributed by atoms with Crippen LogP contribution in [0.25, 0.3) is 0 Å². The summed E-state index contributed by atoms with van der Waals surface area (Å²) in [6.45, 7) is 7.32. The van der Waals surface area contributed by atoms with E-state index >= 15 is 0 Å². The first kappa shape index (κ1) is 18.5. The summed E-state index contributed by atoms with van der Waals surface area (Å²) in [5.41, 5.74) is 6.45. The van der Waals surface area contributed by atoms with E-state index in [0.717, 1.165) is 5.56 Å². The zero-order valence-corrected chi connectivity index (χ0v) is 14.2. The fourth-order valence-corrected chi connectivity index (χ4v) is 1.87. The first-order valence-corrected chi connectivity index (χ1v) is 7.23. The Hall–Kier alpha value is -2.57. The molecule has 0 heterocycles. The van der Waals surface area contributed by atoms with E-state index in [4.69, 9.17) is 5.73 Å². The number of nitrogens with two attached hydrogens (primary N) is 1. The molecule has 126 valence electrons. The van der Waals surface area contributed by atoms with Gasteiger partial charge in [0.25, 0.3) is 0 Å². The normalized spacial score (nSPS) is 10.8. The van der Waals surface area contributed by atoms with Crippen molar-refractivity contribution in [3.8, 4) is 0 Å². The summed E-state index contributed by atoms with van der Waals surface area (Å²) in [6, 6.07) is 4.35. The van der Waals surface area contributed by atoms with Crippen molar-refractivity contribution in [1.29, 1.82) is 0 Å². The number of carbonyl (C=O) groups is 3. The van der Waals surface area contributed by atoms with Crippen LogP contribution in [0, 0.1) is 6.92 Å². The third-order valence-corrected chi connectivity index (χ3v) is 3.01. The first-order chi connectivity index (χ1) is 10.5. The molecule has 0 unspecified atom stereocenters. The van der Waals surface area contributed by atoms with Crippen LogP contribution in [0.5, 0.6) is 0 Å². The highest BCUT2D eigenvalue weighted by Crippen LogP contribution is 2.17. The average Bonchev–Trinajstić information content (AvgIpc) is 2.38. The quantitative estimate of drug-likeness (QED) is 0.782. The summed E-state index contributed by atoms with van der Waals surface area (Å²) in [5, 5.41) is 5.46. The third kappa shape index (κ3) is 5.98. The van der Waals surface area contributed by atoms with Gasteiger partial charge >= 0.3 is 6.03 Å². The lowest BCUT2D eigenvalue weighted by Crippen LogP contribution is -2.47. The fourth-order valence-electron chi connectivity index (χ4n) is 1.87. The minimum atomic E-state index is -0.571. The molecule has 0 atom stereocenters. The highest BCUT2D eigenvalue weighted by atomic mass is 16.2.